The van der Waals surface area contributed by atoms with Crippen molar-refractivity contribution >= 4 is 15.9 Å². The number of hydrogen-bond acceptors (Lipinski definition) is 3. The summed E-state index contributed by atoms with van der Waals surface area (Å²) in [5.74, 6) is -0.424. The quantitative estimate of drug-likeness (QED) is 0.801. The summed E-state index contributed by atoms with van der Waals surface area (Å²) in [4.78, 5) is 12.3. The maximum Gasteiger partial charge on any atom is 0.267 e. The standard InChI is InChI=1S/C14H18N2O3S/c1-14(2,3)16(20(4,18)19)15-13(17)12-9-8-10-6-5-7-11(10)12/h5-9H,1-4H3,(H,15,17). The topological polar surface area (TPSA) is 66.5 Å². The van der Waals surface area contributed by atoms with Gasteiger partial charge in [0.25, 0.3) is 5.91 Å². The Bertz CT molecular complexity index is 674. The molecule has 2 rings (SSSR count). The van der Waals surface area contributed by atoms with Crippen LogP contribution in [0, 0.1) is 0 Å². The highest BCUT2D eigenvalue weighted by Crippen LogP contribution is 2.30. The lowest BCUT2D eigenvalue weighted by Gasteiger charge is -2.33. The van der Waals surface area contributed by atoms with Gasteiger partial charge in [-0.05, 0) is 38.0 Å². The zero-order valence-corrected chi connectivity index (χ0v) is 12.8. The molecule has 2 aliphatic rings. The molecule has 20 heavy (non-hydrogen) atoms. The van der Waals surface area contributed by atoms with E-state index in [-0.39, 0.29) is 0 Å². The summed E-state index contributed by atoms with van der Waals surface area (Å²) in [7, 11) is -3.55. The summed E-state index contributed by atoms with van der Waals surface area (Å²) in [6.07, 6.45) is 10.2. The number of nitrogens with one attached hydrogen (secondary N) is 1. The SMILES string of the molecule is CC(C)(C)N(NC(=O)C1=C2C=CC=C2C=C1)S(C)(=O)=O. The first-order valence-corrected chi connectivity index (χ1v) is 8.08. The third-order valence-electron chi connectivity index (χ3n) is 2.96. The molecule has 6 heteroatoms. The van der Waals surface area contributed by atoms with E-state index in [1.54, 1.807) is 26.8 Å². The van der Waals surface area contributed by atoms with Crippen LogP contribution in [0.5, 0.6) is 0 Å². The van der Waals surface area contributed by atoms with Gasteiger partial charge in [0.2, 0.25) is 10.0 Å². The monoisotopic (exact) mass is 294 g/mol. The molecular weight excluding hydrogens is 276 g/mol. The van der Waals surface area contributed by atoms with E-state index in [9.17, 15) is 13.2 Å². The van der Waals surface area contributed by atoms with E-state index < -0.39 is 21.5 Å². The van der Waals surface area contributed by atoms with Crippen molar-refractivity contribution < 1.29 is 13.2 Å². The van der Waals surface area contributed by atoms with Crippen molar-refractivity contribution in [2.45, 2.75) is 26.3 Å². The van der Waals surface area contributed by atoms with Gasteiger partial charge in [-0.15, -0.1) is 4.41 Å². The normalized spacial score (nSPS) is 17.8. The molecule has 0 aromatic heterocycles. The Morgan fingerprint density at radius 1 is 1.20 bits per heavy atom. The average Bonchev–Trinajstić information content (AvgIpc) is 2.83. The number of amides is 1. The van der Waals surface area contributed by atoms with Crippen molar-refractivity contribution in [3.8, 4) is 0 Å². The number of fused-ring (bicyclic) bond motifs is 1. The van der Waals surface area contributed by atoms with Crippen molar-refractivity contribution in [3.63, 3.8) is 0 Å². The number of carbonyl (C=O) groups is 1. The van der Waals surface area contributed by atoms with Gasteiger partial charge in [0.15, 0.2) is 0 Å². The largest absolute Gasteiger partial charge is 0.271 e. The Morgan fingerprint density at radius 2 is 1.85 bits per heavy atom. The Hall–Kier alpha value is -1.66. The van der Waals surface area contributed by atoms with Crippen molar-refractivity contribution in [2.24, 2.45) is 0 Å². The molecule has 0 heterocycles. The van der Waals surface area contributed by atoms with Crippen LogP contribution in [0.15, 0.2) is 47.1 Å². The smallest absolute Gasteiger partial charge is 0.267 e. The molecule has 0 aliphatic heterocycles. The molecular formula is C14H18N2O3S. The molecule has 0 spiro atoms. The predicted molar refractivity (Wildman–Crippen MR) is 78.0 cm³/mol. The number of sulfonamides is 1. The Balaban J connectivity index is 2.28. The number of hydrogen-bond donors (Lipinski definition) is 1. The first kappa shape index (κ1) is 14.7. The maximum atomic E-state index is 12.3. The fraction of sp³-hybridized carbons (Fsp3) is 0.357. The van der Waals surface area contributed by atoms with Crippen LogP contribution in [0.1, 0.15) is 20.8 Å². The van der Waals surface area contributed by atoms with Gasteiger partial charge in [0, 0.05) is 11.1 Å². The second-order valence-corrected chi connectivity index (χ2v) is 7.61. The van der Waals surface area contributed by atoms with Crippen LogP contribution in [-0.4, -0.2) is 30.5 Å². The molecule has 5 nitrogen and oxygen atoms in total. The van der Waals surface area contributed by atoms with Gasteiger partial charge in [0.1, 0.15) is 0 Å². The maximum absolute atomic E-state index is 12.3. The summed E-state index contributed by atoms with van der Waals surface area (Å²) in [5.41, 5.74) is 4.02. The molecule has 0 saturated carbocycles. The summed E-state index contributed by atoms with van der Waals surface area (Å²) >= 11 is 0. The van der Waals surface area contributed by atoms with Crippen LogP contribution in [0.4, 0.5) is 0 Å². The lowest BCUT2D eigenvalue weighted by Crippen LogP contribution is -2.55. The molecule has 0 aromatic rings. The molecule has 2 aliphatic carbocycles. The van der Waals surface area contributed by atoms with Gasteiger partial charge in [-0.3, -0.25) is 10.2 Å². The van der Waals surface area contributed by atoms with Crippen molar-refractivity contribution in [1.82, 2.24) is 9.84 Å². The highest BCUT2D eigenvalue weighted by atomic mass is 32.2. The van der Waals surface area contributed by atoms with Gasteiger partial charge >= 0.3 is 0 Å². The van der Waals surface area contributed by atoms with Crippen molar-refractivity contribution in [1.29, 1.82) is 0 Å². The summed E-state index contributed by atoms with van der Waals surface area (Å²) in [6, 6.07) is 0. The molecule has 1 N–H and O–H groups in total. The van der Waals surface area contributed by atoms with Gasteiger partial charge in [0.05, 0.1) is 6.26 Å². The summed E-state index contributed by atoms with van der Waals surface area (Å²) in [6.45, 7) is 5.16. The van der Waals surface area contributed by atoms with Crippen molar-refractivity contribution in [2.75, 3.05) is 6.26 Å². The van der Waals surface area contributed by atoms with E-state index in [0.717, 1.165) is 21.8 Å². The molecule has 0 atom stereocenters. The van der Waals surface area contributed by atoms with E-state index in [0.29, 0.717) is 5.57 Å². The first-order valence-electron chi connectivity index (χ1n) is 6.23. The lowest BCUT2D eigenvalue weighted by atomic mass is 10.1. The van der Waals surface area contributed by atoms with Gasteiger partial charge in [-0.25, -0.2) is 8.42 Å². The van der Waals surface area contributed by atoms with E-state index in [2.05, 4.69) is 5.43 Å². The molecule has 0 unspecified atom stereocenters. The summed E-state index contributed by atoms with van der Waals surface area (Å²) < 4.78 is 24.6. The van der Waals surface area contributed by atoms with E-state index >= 15 is 0 Å². The van der Waals surface area contributed by atoms with Gasteiger partial charge in [-0.2, -0.15) is 0 Å². The average molecular weight is 294 g/mol. The lowest BCUT2D eigenvalue weighted by molar-refractivity contribution is -0.121. The minimum absolute atomic E-state index is 0.424. The van der Waals surface area contributed by atoms with Crippen LogP contribution in [0.3, 0.4) is 0 Å². The van der Waals surface area contributed by atoms with Crippen LogP contribution in [0.25, 0.3) is 0 Å². The van der Waals surface area contributed by atoms with E-state index in [4.69, 9.17) is 0 Å². The highest BCUT2D eigenvalue weighted by Gasteiger charge is 2.32. The molecule has 0 radical (unpaired) electrons. The minimum Gasteiger partial charge on any atom is -0.271 e. The number of carbonyl (C=O) groups excluding carboxylic acids is 1. The third-order valence-corrected chi connectivity index (χ3v) is 4.26. The molecule has 0 aromatic carbocycles. The zero-order valence-electron chi connectivity index (χ0n) is 12.0. The fourth-order valence-corrected chi connectivity index (χ4v) is 3.43. The molecule has 0 fully saturated rings. The van der Waals surface area contributed by atoms with E-state index in [1.807, 2.05) is 24.3 Å². The highest BCUT2D eigenvalue weighted by molar-refractivity contribution is 7.88. The first-order chi connectivity index (χ1) is 9.10. The molecule has 0 bridgehead atoms. The number of allylic oxidation sites excluding steroid dienone is 6. The van der Waals surface area contributed by atoms with Crippen LogP contribution in [0.2, 0.25) is 0 Å². The number of rotatable bonds is 3. The Kier molecular flexibility index (Phi) is 3.47. The predicted octanol–water partition coefficient (Wildman–Crippen LogP) is 1.44. The Labute approximate surface area is 119 Å². The number of hydrazine groups is 1. The third kappa shape index (κ3) is 2.76. The van der Waals surface area contributed by atoms with Gasteiger partial charge in [-0.1, -0.05) is 24.3 Å². The zero-order chi connectivity index (χ0) is 15.1. The van der Waals surface area contributed by atoms with E-state index in [1.165, 1.54) is 0 Å². The van der Waals surface area contributed by atoms with Crippen LogP contribution in [-0.2, 0) is 14.8 Å². The molecule has 108 valence electrons. The minimum atomic E-state index is -3.55. The number of nitrogens with zero attached hydrogens (tertiary/aromatic N) is 1. The second kappa shape index (κ2) is 4.71. The molecule has 0 saturated heterocycles. The Morgan fingerprint density at radius 3 is 2.40 bits per heavy atom. The summed E-state index contributed by atoms with van der Waals surface area (Å²) in [5, 5.41) is 0. The van der Waals surface area contributed by atoms with Gasteiger partial charge < -0.3 is 0 Å². The fourth-order valence-electron chi connectivity index (χ4n) is 2.19. The molecule has 1 amide bonds. The van der Waals surface area contributed by atoms with Crippen LogP contribution >= 0.6 is 0 Å². The van der Waals surface area contributed by atoms with Crippen LogP contribution < -0.4 is 5.43 Å². The van der Waals surface area contributed by atoms with Crippen molar-refractivity contribution in [3.05, 3.63) is 47.1 Å². The second-order valence-electron chi connectivity index (χ2n) is 5.78.